The molecular weight excluding hydrogens is 336 g/mol. The predicted octanol–water partition coefficient (Wildman–Crippen LogP) is 7.47. The minimum Gasteiger partial charge on any atom is -0.0585 e. The van der Waals surface area contributed by atoms with E-state index in [4.69, 9.17) is 0 Å². The van der Waals surface area contributed by atoms with Crippen molar-refractivity contribution >= 4 is 0 Å². The van der Waals surface area contributed by atoms with Crippen molar-refractivity contribution in [1.82, 2.24) is 0 Å². The highest BCUT2D eigenvalue weighted by Crippen LogP contribution is 3.04. The first-order valence-electron chi connectivity index (χ1n) is 12.7. The Hall–Kier alpha value is 0. The van der Waals surface area contributed by atoms with Crippen molar-refractivity contribution in [2.24, 2.45) is 66.0 Å². The smallest absolute Gasteiger partial charge is 0.0198 e. The Morgan fingerprint density at radius 2 is 0.571 bits per heavy atom. The molecule has 10 aliphatic rings. The Morgan fingerprint density at radius 3 is 0.786 bits per heavy atom. The van der Waals surface area contributed by atoms with Gasteiger partial charge in [-0.15, -0.1) is 0 Å². The third kappa shape index (κ3) is 0.866. The SMILES string of the molecule is CC12CC3CC1(C)C1(C)CC3(C34CC5(C)C6(C)CC3CC6(C)C5(C)C4)CC21C. The summed E-state index contributed by atoms with van der Waals surface area (Å²) < 4.78 is 0. The second-order valence-corrected chi connectivity index (χ2v) is 15.9. The molecule has 10 saturated carbocycles. The van der Waals surface area contributed by atoms with Crippen molar-refractivity contribution in [3.8, 4) is 0 Å². The normalized spacial score (nSPS) is 84.0. The number of rotatable bonds is 1. The van der Waals surface area contributed by atoms with E-state index in [0.29, 0.717) is 54.1 Å². The molecule has 0 N–H and O–H groups in total. The van der Waals surface area contributed by atoms with Gasteiger partial charge in [0.05, 0.1) is 0 Å². The van der Waals surface area contributed by atoms with Gasteiger partial charge in [-0.3, -0.25) is 0 Å². The summed E-state index contributed by atoms with van der Waals surface area (Å²) in [5.41, 5.74) is 6.42. The molecule has 0 spiro atoms. The van der Waals surface area contributed by atoms with Crippen LogP contribution >= 0.6 is 0 Å². The lowest BCUT2D eigenvalue weighted by Crippen LogP contribution is -2.70. The highest BCUT2D eigenvalue weighted by molar-refractivity contribution is 5.46. The molecule has 0 aromatic carbocycles. The highest BCUT2D eigenvalue weighted by Gasteiger charge is 2.98. The van der Waals surface area contributed by atoms with Crippen LogP contribution < -0.4 is 0 Å². The van der Waals surface area contributed by atoms with E-state index in [0.717, 1.165) is 11.8 Å². The molecule has 0 nitrogen and oxygen atoms in total. The predicted molar refractivity (Wildman–Crippen MR) is 114 cm³/mol. The molecule has 0 aliphatic heterocycles. The lowest BCUT2D eigenvalue weighted by Gasteiger charge is -2.76. The standard InChI is InChI=1S/C28H42/c1-19-9-17-10-20(19,2)24(6)14-27(17,13-23(19,24)5)28-15-25(7)21(3)11-18(28)12-22(21,4)26(25,8)16-28/h17-18H,9-16H2,1-8H3. The molecule has 10 fully saturated rings. The summed E-state index contributed by atoms with van der Waals surface area (Å²) in [7, 11) is 0. The molecule has 0 heterocycles. The van der Waals surface area contributed by atoms with E-state index in [1.54, 1.807) is 51.4 Å². The van der Waals surface area contributed by atoms with Gasteiger partial charge in [0.2, 0.25) is 0 Å². The molecule has 12 bridgehead atoms. The highest BCUT2D eigenvalue weighted by atomic mass is 15.0. The summed E-state index contributed by atoms with van der Waals surface area (Å²) in [5.74, 6) is 2.10. The molecule has 0 radical (unpaired) electrons. The van der Waals surface area contributed by atoms with Crippen LogP contribution in [-0.4, -0.2) is 0 Å². The van der Waals surface area contributed by atoms with E-state index in [1.165, 1.54) is 0 Å². The Labute approximate surface area is 173 Å². The van der Waals surface area contributed by atoms with Crippen molar-refractivity contribution < 1.29 is 0 Å². The van der Waals surface area contributed by atoms with Crippen LogP contribution in [0.3, 0.4) is 0 Å². The van der Waals surface area contributed by atoms with Crippen LogP contribution in [0.4, 0.5) is 0 Å². The van der Waals surface area contributed by atoms with Crippen LogP contribution in [0, 0.1) is 66.0 Å². The van der Waals surface area contributed by atoms with Gasteiger partial charge in [0.15, 0.2) is 0 Å². The van der Waals surface area contributed by atoms with Crippen molar-refractivity contribution in [2.75, 3.05) is 0 Å². The Balaban J connectivity index is 1.37. The zero-order valence-electron chi connectivity index (χ0n) is 19.8. The number of hydrogen-bond donors (Lipinski definition) is 0. The van der Waals surface area contributed by atoms with Gasteiger partial charge in [-0.05, 0) is 117 Å². The van der Waals surface area contributed by atoms with Gasteiger partial charge in [0.1, 0.15) is 0 Å². The Kier molecular flexibility index (Phi) is 1.98. The first-order chi connectivity index (χ1) is 12.7. The minimum absolute atomic E-state index is 0.619. The van der Waals surface area contributed by atoms with E-state index >= 15 is 0 Å². The lowest BCUT2D eigenvalue weighted by atomic mass is 9.28. The van der Waals surface area contributed by atoms with E-state index in [2.05, 4.69) is 55.4 Å². The first kappa shape index (κ1) is 16.7. The molecule has 28 heavy (non-hydrogen) atoms. The van der Waals surface area contributed by atoms with Crippen molar-refractivity contribution in [3.05, 3.63) is 0 Å². The topological polar surface area (TPSA) is 0 Å². The van der Waals surface area contributed by atoms with Crippen LogP contribution in [0.15, 0.2) is 0 Å². The van der Waals surface area contributed by atoms with Crippen LogP contribution in [0.25, 0.3) is 0 Å². The molecule has 8 unspecified atom stereocenters. The third-order valence-corrected chi connectivity index (χ3v) is 17.6. The van der Waals surface area contributed by atoms with E-state index in [1.807, 2.05) is 0 Å². The van der Waals surface area contributed by atoms with Crippen LogP contribution in [0.2, 0.25) is 0 Å². The Morgan fingerprint density at radius 1 is 0.357 bits per heavy atom. The summed E-state index contributed by atoms with van der Waals surface area (Å²) in [6, 6.07) is 0. The fourth-order valence-corrected chi connectivity index (χ4v) is 15.7. The molecule has 8 atom stereocenters. The third-order valence-electron chi connectivity index (χ3n) is 17.6. The van der Waals surface area contributed by atoms with Crippen LogP contribution in [0.5, 0.6) is 0 Å². The van der Waals surface area contributed by atoms with Gasteiger partial charge in [-0.2, -0.15) is 0 Å². The zero-order valence-corrected chi connectivity index (χ0v) is 19.8. The van der Waals surface area contributed by atoms with Gasteiger partial charge >= 0.3 is 0 Å². The summed E-state index contributed by atoms with van der Waals surface area (Å²) in [4.78, 5) is 0. The summed E-state index contributed by atoms with van der Waals surface area (Å²) in [6.45, 7) is 21.9. The first-order valence-corrected chi connectivity index (χ1v) is 12.7. The molecule has 0 aromatic rings. The molecule has 0 saturated heterocycles. The summed E-state index contributed by atoms with van der Waals surface area (Å²) >= 11 is 0. The molecule has 0 amide bonds. The second-order valence-electron chi connectivity index (χ2n) is 15.9. The van der Waals surface area contributed by atoms with Gasteiger partial charge in [0.25, 0.3) is 0 Å². The average molecular weight is 379 g/mol. The van der Waals surface area contributed by atoms with Gasteiger partial charge in [-0.1, -0.05) is 55.4 Å². The lowest BCUT2D eigenvalue weighted by molar-refractivity contribution is -0.283. The summed E-state index contributed by atoms with van der Waals surface area (Å²) in [5, 5.41) is 0. The average Bonchev–Trinajstić information content (AvgIpc) is 3.10. The monoisotopic (exact) mass is 378 g/mol. The molecule has 0 heteroatoms. The fraction of sp³-hybridized carbons (Fsp3) is 1.00. The van der Waals surface area contributed by atoms with E-state index in [-0.39, 0.29) is 0 Å². The zero-order chi connectivity index (χ0) is 19.8. The minimum atomic E-state index is 0.619. The molecule has 0 aromatic heterocycles. The second kappa shape index (κ2) is 3.33. The number of hydrogen-bond acceptors (Lipinski definition) is 0. The molecular formula is C28H42. The maximum Gasteiger partial charge on any atom is -0.0198 e. The Bertz CT molecular complexity index is 777. The van der Waals surface area contributed by atoms with E-state index < -0.39 is 0 Å². The van der Waals surface area contributed by atoms with Crippen LogP contribution in [0.1, 0.15) is 107 Å². The maximum atomic E-state index is 2.76. The van der Waals surface area contributed by atoms with Crippen molar-refractivity contribution in [3.63, 3.8) is 0 Å². The van der Waals surface area contributed by atoms with Gasteiger partial charge in [0, 0.05) is 0 Å². The fourth-order valence-electron chi connectivity index (χ4n) is 15.7. The van der Waals surface area contributed by atoms with Gasteiger partial charge in [-0.25, -0.2) is 0 Å². The maximum absolute atomic E-state index is 2.76. The van der Waals surface area contributed by atoms with Gasteiger partial charge < -0.3 is 0 Å². The van der Waals surface area contributed by atoms with Crippen molar-refractivity contribution in [2.45, 2.75) is 107 Å². The van der Waals surface area contributed by atoms with Crippen LogP contribution in [-0.2, 0) is 0 Å². The largest absolute Gasteiger partial charge is 0.0585 e. The van der Waals surface area contributed by atoms with E-state index in [9.17, 15) is 0 Å². The molecule has 10 aliphatic carbocycles. The molecule has 154 valence electrons. The summed E-state index contributed by atoms with van der Waals surface area (Å²) in [6.07, 6.45) is 12.7. The molecule has 10 rings (SSSR count). The quantitative estimate of drug-likeness (QED) is 0.444. The van der Waals surface area contributed by atoms with Crippen molar-refractivity contribution in [1.29, 1.82) is 0 Å².